The van der Waals surface area contributed by atoms with Gasteiger partial charge in [-0.1, -0.05) is 39.0 Å². The Kier molecular flexibility index (Phi) is 5.26. The first-order valence-electron chi connectivity index (χ1n) is 9.04. The molecule has 0 fully saturated rings. The SMILES string of the molecule is CNn1cnc2ccc(C(C)CN=Cc3c(N)cccc3C(C)C)cc21. The second-order valence-electron chi connectivity index (χ2n) is 6.99. The maximum atomic E-state index is 6.16. The summed E-state index contributed by atoms with van der Waals surface area (Å²) in [4.78, 5) is 9.07. The van der Waals surface area contributed by atoms with E-state index in [1.807, 2.05) is 30.1 Å². The van der Waals surface area contributed by atoms with Crippen molar-refractivity contribution < 1.29 is 0 Å². The van der Waals surface area contributed by atoms with Crippen molar-refractivity contribution in [3.8, 4) is 0 Å². The number of hydrogen-bond acceptors (Lipinski definition) is 4. The van der Waals surface area contributed by atoms with E-state index in [1.165, 1.54) is 11.1 Å². The fourth-order valence-electron chi connectivity index (χ4n) is 3.17. The number of aliphatic imine (C=N–C) groups is 1. The average Bonchev–Trinajstić information content (AvgIpc) is 3.04. The molecule has 3 N–H and O–H groups in total. The smallest absolute Gasteiger partial charge is 0.115 e. The number of nitrogens with two attached hydrogens (primary N) is 1. The Bertz CT molecular complexity index is 923. The summed E-state index contributed by atoms with van der Waals surface area (Å²) >= 11 is 0. The van der Waals surface area contributed by atoms with E-state index < -0.39 is 0 Å². The highest BCUT2D eigenvalue weighted by Gasteiger charge is 2.10. The molecule has 3 rings (SSSR count). The van der Waals surface area contributed by atoms with Gasteiger partial charge < -0.3 is 11.2 Å². The van der Waals surface area contributed by atoms with Gasteiger partial charge >= 0.3 is 0 Å². The fraction of sp³-hybridized carbons (Fsp3) is 0.333. The van der Waals surface area contributed by atoms with Crippen molar-refractivity contribution in [3.63, 3.8) is 0 Å². The summed E-state index contributed by atoms with van der Waals surface area (Å²) in [5.74, 6) is 0.727. The molecule has 1 heterocycles. The standard InChI is InChI=1S/C21H27N5/c1-14(2)17-6-5-7-19(22)18(17)12-24-11-15(3)16-8-9-20-21(10-16)26(23-4)13-25-20/h5-10,12-15,23H,11,22H2,1-4H3. The van der Waals surface area contributed by atoms with Gasteiger partial charge in [0.05, 0.1) is 11.0 Å². The van der Waals surface area contributed by atoms with Crippen LogP contribution in [0.15, 0.2) is 47.7 Å². The molecule has 0 amide bonds. The molecule has 0 aliphatic carbocycles. The lowest BCUT2D eigenvalue weighted by Gasteiger charge is -2.13. The Morgan fingerprint density at radius 3 is 2.77 bits per heavy atom. The molecule has 0 aliphatic heterocycles. The van der Waals surface area contributed by atoms with Gasteiger partial charge in [0.15, 0.2) is 0 Å². The van der Waals surface area contributed by atoms with E-state index in [0.717, 1.165) is 22.3 Å². The molecule has 1 atom stereocenters. The van der Waals surface area contributed by atoms with E-state index in [9.17, 15) is 0 Å². The molecule has 5 nitrogen and oxygen atoms in total. The second kappa shape index (κ2) is 7.60. The van der Waals surface area contributed by atoms with Gasteiger partial charge in [-0.05, 0) is 35.2 Å². The van der Waals surface area contributed by atoms with Crippen molar-refractivity contribution in [3.05, 3.63) is 59.4 Å². The first-order valence-corrected chi connectivity index (χ1v) is 9.04. The minimum absolute atomic E-state index is 0.309. The minimum Gasteiger partial charge on any atom is -0.398 e. The van der Waals surface area contributed by atoms with Crippen LogP contribution in [0.25, 0.3) is 11.0 Å². The van der Waals surface area contributed by atoms with Gasteiger partial charge in [-0.25, -0.2) is 9.66 Å². The molecule has 0 radical (unpaired) electrons. The molecule has 3 aromatic rings. The van der Waals surface area contributed by atoms with Crippen molar-refractivity contribution in [2.75, 3.05) is 24.8 Å². The Morgan fingerprint density at radius 2 is 2.04 bits per heavy atom. The highest BCUT2D eigenvalue weighted by Crippen LogP contribution is 2.24. The van der Waals surface area contributed by atoms with Crippen molar-refractivity contribution in [1.82, 2.24) is 9.66 Å². The zero-order valence-electron chi connectivity index (χ0n) is 15.9. The van der Waals surface area contributed by atoms with Crippen molar-refractivity contribution in [2.45, 2.75) is 32.6 Å². The van der Waals surface area contributed by atoms with Crippen LogP contribution in [0.5, 0.6) is 0 Å². The van der Waals surface area contributed by atoms with Crippen LogP contribution in [0.4, 0.5) is 5.69 Å². The first kappa shape index (κ1) is 18.0. The van der Waals surface area contributed by atoms with E-state index in [2.05, 4.69) is 60.4 Å². The number of fused-ring (bicyclic) bond motifs is 1. The molecule has 0 saturated carbocycles. The van der Waals surface area contributed by atoms with Crippen LogP contribution >= 0.6 is 0 Å². The lowest BCUT2D eigenvalue weighted by Crippen LogP contribution is -2.07. The van der Waals surface area contributed by atoms with Crippen LogP contribution in [0.3, 0.4) is 0 Å². The number of nitrogen functional groups attached to an aromatic ring is 1. The minimum atomic E-state index is 0.309. The molecule has 1 aromatic heterocycles. The maximum absolute atomic E-state index is 6.16. The van der Waals surface area contributed by atoms with Crippen LogP contribution in [-0.2, 0) is 0 Å². The van der Waals surface area contributed by atoms with Gasteiger partial charge in [0.2, 0.25) is 0 Å². The predicted octanol–water partition coefficient (Wildman–Crippen LogP) is 4.14. The van der Waals surface area contributed by atoms with Gasteiger partial charge in [-0.2, -0.15) is 0 Å². The summed E-state index contributed by atoms with van der Waals surface area (Å²) in [5.41, 5.74) is 15.6. The molecule has 0 spiro atoms. The summed E-state index contributed by atoms with van der Waals surface area (Å²) in [5, 5.41) is 0. The van der Waals surface area contributed by atoms with Gasteiger partial charge in [-0.15, -0.1) is 0 Å². The van der Waals surface area contributed by atoms with Crippen molar-refractivity contribution in [2.24, 2.45) is 4.99 Å². The van der Waals surface area contributed by atoms with E-state index >= 15 is 0 Å². The van der Waals surface area contributed by atoms with Crippen LogP contribution < -0.4 is 11.2 Å². The van der Waals surface area contributed by atoms with Crippen LogP contribution in [0, 0.1) is 0 Å². The quantitative estimate of drug-likeness (QED) is 0.519. The maximum Gasteiger partial charge on any atom is 0.115 e. The molecular formula is C21H27N5. The summed E-state index contributed by atoms with van der Waals surface area (Å²) in [6, 6.07) is 12.4. The molecule has 5 heteroatoms. The van der Waals surface area contributed by atoms with Gasteiger partial charge in [0.25, 0.3) is 0 Å². The number of benzene rings is 2. The van der Waals surface area contributed by atoms with Gasteiger partial charge in [0.1, 0.15) is 6.33 Å². The molecule has 136 valence electrons. The second-order valence-corrected chi connectivity index (χ2v) is 6.99. The zero-order chi connectivity index (χ0) is 18.7. The third-order valence-corrected chi connectivity index (χ3v) is 4.78. The van der Waals surface area contributed by atoms with Crippen molar-refractivity contribution >= 4 is 22.9 Å². The molecule has 26 heavy (non-hydrogen) atoms. The van der Waals surface area contributed by atoms with E-state index in [-0.39, 0.29) is 0 Å². The van der Waals surface area contributed by atoms with E-state index in [1.54, 1.807) is 6.33 Å². The Balaban J connectivity index is 1.79. The Hall–Kier alpha value is -2.82. The molecule has 0 aliphatic rings. The summed E-state index contributed by atoms with van der Waals surface area (Å²) in [6.45, 7) is 7.26. The molecular weight excluding hydrogens is 322 g/mol. The molecule has 1 unspecified atom stereocenters. The third kappa shape index (κ3) is 3.57. The number of nitrogens with one attached hydrogen (secondary N) is 1. The van der Waals surface area contributed by atoms with E-state index in [0.29, 0.717) is 18.4 Å². The lowest BCUT2D eigenvalue weighted by atomic mass is 9.96. The van der Waals surface area contributed by atoms with Gasteiger partial charge in [-0.3, -0.25) is 4.99 Å². The van der Waals surface area contributed by atoms with Crippen LogP contribution in [0.2, 0.25) is 0 Å². The number of nitrogens with zero attached hydrogens (tertiary/aromatic N) is 3. The number of aromatic nitrogens is 2. The third-order valence-electron chi connectivity index (χ3n) is 4.78. The summed E-state index contributed by atoms with van der Waals surface area (Å²) < 4.78 is 1.93. The first-order chi connectivity index (χ1) is 12.5. The van der Waals surface area contributed by atoms with E-state index in [4.69, 9.17) is 5.73 Å². The number of rotatable bonds is 6. The van der Waals surface area contributed by atoms with Crippen molar-refractivity contribution in [1.29, 1.82) is 0 Å². The fourth-order valence-corrected chi connectivity index (χ4v) is 3.17. The van der Waals surface area contributed by atoms with Gasteiger partial charge in [0, 0.05) is 37.0 Å². The lowest BCUT2D eigenvalue weighted by molar-refractivity contribution is 0.777. The molecule has 0 saturated heterocycles. The zero-order valence-corrected chi connectivity index (χ0v) is 15.9. The largest absolute Gasteiger partial charge is 0.398 e. The molecule has 0 bridgehead atoms. The highest BCUT2D eigenvalue weighted by atomic mass is 15.4. The number of anilines is 1. The summed E-state index contributed by atoms with van der Waals surface area (Å²) in [6.07, 6.45) is 3.72. The van der Waals surface area contributed by atoms with Crippen LogP contribution in [0.1, 0.15) is 49.3 Å². The topological polar surface area (TPSA) is 68.2 Å². The average molecular weight is 349 g/mol. The van der Waals surface area contributed by atoms with Crippen LogP contribution in [-0.4, -0.2) is 29.5 Å². The Morgan fingerprint density at radius 1 is 1.23 bits per heavy atom. The normalized spacial score (nSPS) is 13.0. The molecule has 2 aromatic carbocycles. The number of hydrogen-bond donors (Lipinski definition) is 2. The highest BCUT2D eigenvalue weighted by molar-refractivity contribution is 5.89. The monoisotopic (exact) mass is 349 g/mol. The Labute approximate surface area is 154 Å². The predicted molar refractivity (Wildman–Crippen MR) is 111 cm³/mol. The summed E-state index contributed by atoms with van der Waals surface area (Å²) in [7, 11) is 1.89. The number of imidazole rings is 1.